The van der Waals surface area contributed by atoms with Gasteiger partial charge in [-0.25, -0.2) is 4.98 Å². The Morgan fingerprint density at radius 2 is 1.88 bits per heavy atom. The molecule has 1 aromatic heterocycles. The summed E-state index contributed by atoms with van der Waals surface area (Å²) >= 11 is 0. The molecule has 0 bridgehead atoms. The average Bonchev–Trinajstić information content (AvgIpc) is 2.96. The Bertz CT molecular complexity index is 493. The Kier molecular flexibility index (Phi) is 9.05. The average molecular weight is 378 g/mol. The van der Waals surface area contributed by atoms with Gasteiger partial charge in [-0.3, -0.25) is 0 Å². The van der Waals surface area contributed by atoms with Crippen molar-refractivity contribution in [1.29, 1.82) is 0 Å². The van der Waals surface area contributed by atoms with E-state index in [1.807, 2.05) is 6.07 Å². The molecule has 0 radical (unpaired) electrons. The van der Waals surface area contributed by atoms with Crippen LogP contribution < -0.4 is 16.8 Å². The van der Waals surface area contributed by atoms with E-state index in [2.05, 4.69) is 15.3 Å². The highest BCUT2D eigenvalue weighted by molar-refractivity contribution is 5.85. The molecule has 0 atom stereocenters. The Morgan fingerprint density at radius 1 is 1.17 bits per heavy atom. The molecule has 2 saturated carbocycles. The second-order valence-corrected chi connectivity index (χ2v) is 6.52. The molecule has 0 unspecified atom stereocenters. The molecule has 6 nitrogen and oxygen atoms in total. The summed E-state index contributed by atoms with van der Waals surface area (Å²) in [5, 5.41) is 3.32. The van der Waals surface area contributed by atoms with Crippen molar-refractivity contribution in [2.75, 3.05) is 24.2 Å². The molecule has 5 N–H and O–H groups in total. The summed E-state index contributed by atoms with van der Waals surface area (Å²) in [7, 11) is 0. The van der Waals surface area contributed by atoms with Gasteiger partial charge in [0.2, 0.25) is 5.95 Å². The van der Waals surface area contributed by atoms with Crippen LogP contribution in [-0.4, -0.2) is 35.3 Å². The van der Waals surface area contributed by atoms with Crippen LogP contribution in [0.5, 0.6) is 0 Å². The van der Waals surface area contributed by atoms with Crippen molar-refractivity contribution in [3.8, 4) is 0 Å². The minimum Gasteiger partial charge on any atom is -0.378 e. The molecular weight excluding hydrogens is 349 g/mol. The molecule has 1 heterocycles. The van der Waals surface area contributed by atoms with Crippen LogP contribution in [0.1, 0.15) is 56.6 Å². The van der Waals surface area contributed by atoms with E-state index < -0.39 is 0 Å². The topological polar surface area (TPSA) is 99.1 Å². The Hall–Kier alpha value is -0.820. The maximum Gasteiger partial charge on any atom is 0.222 e. The van der Waals surface area contributed by atoms with Gasteiger partial charge in [0.05, 0.1) is 11.8 Å². The number of nitrogens with one attached hydrogen (secondary N) is 1. The summed E-state index contributed by atoms with van der Waals surface area (Å²) < 4.78 is 5.85. The van der Waals surface area contributed by atoms with Crippen LogP contribution in [0.15, 0.2) is 6.07 Å². The molecule has 8 heteroatoms. The number of hydrogen-bond donors (Lipinski definition) is 3. The van der Waals surface area contributed by atoms with E-state index in [9.17, 15) is 0 Å². The lowest BCUT2D eigenvalue weighted by Crippen LogP contribution is -2.35. The van der Waals surface area contributed by atoms with Crippen molar-refractivity contribution in [3.63, 3.8) is 0 Å². The molecule has 138 valence electrons. The number of nitrogens with two attached hydrogens (primary N) is 2. The van der Waals surface area contributed by atoms with Crippen LogP contribution in [0.3, 0.4) is 0 Å². The van der Waals surface area contributed by atoms with Crippen molar-refractivity contribution in [2.24, 2.45) is 5.73 Å². The number of anilines is 2. The second kappa shape index (κ2) is 10.2. The van der Waals surface area contributed by atoms with Gasteiger partial charge >= 0.3 is 0 Å². The SMILES string of the molecule is Cl.Cl.Nc1nc(NCCCOC2CCCC2)cc(C2CC(N)C2)n1. The van der Waals surface area contributed by atoms with Gasteiger partial charge in [-0.15, -0.1) is 24.8 Å². The third-order valence-electron chi connectivity index (χ3n) is 4.64. The van der Waals surface area contributed by atoms with E-state index in [0.29, 0.717) is 24.0 Å². The van der Waals surface area contributed by atoms with E-state index in [4.69, 9.17) is 16.2 Å². The lowest BCUT2D eigenvalue weighted by molar-refractivity contribution is 0.0583. The van der Waals surface area contributed by atoms with E-state index in [1.54, 1.807) is 0 Å². The van der Waals surface area contributed by atoms with Crippen LogP contribution in [0.25, 0.3) is 0 Å². The van der Waals surface area contributed by atoms with Crippen molar-refractivity contribution >= 4 is 36.6 Å². The first-order valence-corrected chi connectivity index (χ1v) is 8.46. The third-order valence-corrected chi connectivity index (χ3v) is 4.64. The van der Waals surface area contributed by atoms with E-state index in [1.165, 1.54) is 25.7 Å². The molecule has 0 spiro atoms. The Morgan fingerprint density at radius 3 is 2.54 bits per heavy atom. The molecule has 0 aliphatic heterocycles. The van der Waals surface area contributed by atoms with Gasteiger partial charge in [0.25, 0.3) is 0 Å². The van der Waals surface area contributed by atoms with Gasteiger partial charge in [0.1, 0.15) is 5.82 Å². The predicted molar refractivity (Wildman–Crippen MR) is 102 cm³/mol. The van der Waals surface area contributed by atoms with E-state index in [0.717, 1.165) is 43.9 Å². The third kappa shape index (κ3) is 5.92. The number of nitrogen functional groups attached to an aromatic ring is 1. The van der Waals surface area contributed by atoms with Crippen molar-refractivity contribution in [1.82, 2.24) is 9.97 Å². The van der Waals surface area contributed by atoms with Crippen molar-refractivity contribution < 1.29 is 4.74 Å². The molecule has 0 aromatic carbocycles. The molecule has 24 heavy (non-hydrogen) atoms. The fraction of sp³-hybridized carbons (Fsp3) is 0.750. The summed E-state index contributed by atoms with van der Waals surface area (Å²) in [4.78, 5) is 8.59. The van der Waals surface area contributed by atoms with Gasteiger partial charge < -0.3 is 21.5 Å². The van der Waals surface area contributed by atoms with Gasteiger partial charge in [-0.1, -0.05) is 12.8 Å². The molecular formula is C16H29Cl2N5O. The normalized spacial score (nSPS) is 23.0. The standard InChI is InChI=1S/C16H27N5O.2ClH/c17-12-8-11(9-12)14-10-15(21-16(18)20-14)19-6-3-7-22-13-4-1-2-5-13;;/h10-13H,1-9,17H2,(H3,18,19,20,21);2*1H. The first-order chi connectivity index (χ1) is 10.7. The molecule has 1 aromatic rings. The smallest absolute Gasteiger partial charge is 0.222 e. The van der Waals surface area contributed by atoms with Crippen LogP contribution in [-0.2, 0) is 4.74 Å². The van der Waals surface area contributed by atoms with Gasteiger partial charge in [0, 0.05) is 31.2 Å². The predicted octanol–water partition coefficient (Wildman–Crippen LogP) is 2.87. The zero-order valence-corrected chi connectivity index (χ0v) is 15.6. The molecule has 3 rings (SSSR count). The molecule has 0 saturated heterocycles. The van der Waals surface area contributed by atoms with Crippen LogP contribution in [0.2, 0.25) is 0 Å². The highest BCUT2D eigenvalue weighted by Crippen LogP contribution is 2.35. The highest BCUT2D eigenvalue weighted by atomic mass is 35.5. The maximum absolute atomic E-state index is 5.85. The van der Waals surface area contributed by atoms with Crippen LogP contribution in [0.4, 0.5) is 11.8 Å². The number of rotatable bonds is 7. The molecule has 2 aliphatic carbocycles. The zero-order valence-electron chi connectivity index (χ0n) is 13.9. The zero-order chi connectivity index (χ0) is 15.4. The Labute approximate surface area is 156 Å². The van der Waals surface area contributed by atoms with Gasteiger partial charge in [-0.05, 0) is 32.1 Å². The fourth-order valence-corrected chi connectivity index (χ4v) is 3.28. The quantitative estimate of drug-likeness (QED) is 0.631. The fourth-order valence-electron chi connectivity index (χ4n) is 3.28. The largest absolute Gasteiger partial charge is 0.378 e. The second-order valence-electron chi connectivity index (χ2n) is 6.52. The van der Waals surface area contributed by atoms with Crippen molar-refractivity contribution in [2.45, 2.75) is 63.0 Å². The first kappa shape index (κ1) is 21.2. The maximum atomic E-state index is 5.85. The minimum absolute atomic E-state index is 0. The van der Waals surface area contributed by atoms with Gasteiger partial charge in [0.15, 0.2) is 0 Å². The summed E-state index contributed by atoms with van der Waals surface area (Å²) in [5.41, 5.74) is 12.7. The van der Waals surface area contributed by atoms with Crippen LogP contribution >= 0.6 is 24.8 Å². The van der Waals surface area contributed by atoms with Crippen LogP contribution in [0, 0.1) is 0 Å². The lowest BCUT2D eigenvalue weighted by Gasteiger charge is -2.32. The molecule has 2 aliphatic rings. The highest BCUT2D eigenvalue weighted by Gasteiger charge is 2.29. The minimum atomic E-state index is 0. The van der Waals surface area contributed by atoms with Gasteiger partial charge in [-0.2, -0.15) is 4.98 Å². The summed E-state index contributed by atoms with van der Waals surface area (Å²) in [5.74, 6) is 1.58. The number of ether oxygens (including phenoxy) is 1. The van der Waals surface area contributed by atoms with E-state index >= 15 is 0 Å². The number of nitrogens with zero attached hydrogens (tertiary/aromatic N) is 2. The first-order valence-electron chi connectivity index (χ1n) is 8.46. The Balaban J connectivity index is 0.00000144. The lowest BCUT2D eigenvalue weighted by atomic mass is 9.78. The van der Waals surface area contributed by atoms with Crippen molar-refractivity contribution in [3.05, 3.63) is 11.8 Å². The summed E-state index contributed by atoms with van der Waals surface area (Å²) in [6, 6.07) is 2.32. The van der Waals surface area contributed by atoms with E-state index in [-0.39, 0.29) is 24.8 Å². The summed E-state index contributed by atoms with van der Waals surface area (Å²) in [6.07, 6.45) is 8.53. The summed E-state index contributed by atoms with van der Waals surface area (Å²) in [6.45, 7) is 1.65. The molecule has 0 amide bonds. The number of aromatic nitrogens is 2. The number of hydrogen-bond acceptors (Lipinski definition) is 6. The number of halogens is 2. The monoisotopic (exact) mass is 377 g/mol. The molecule has 2 fully saturated rings.